The molecule has 0 unspecified atom stereocenters. The smallest absolute Gasteiger partial charge is 0.251 e. The normalized spacial score (nSPS) is 29.9. The van der Waals surface area contributed by atoms with E-state index in [4.69, 9.17) is 9.47 Å². The summed E-state index contributed by atoms with van der Waals surface area (Å²) in [5, 5.41) is 15.0. The minimum absolute atomic E-state index is 0.121. The first kappa shape index (κ1) is 15.0. The number of aliphatic hydroxyl groups excluding tert-OH is 1. The van der Waals surface area contributed by atoms with Crippen LogP contribution in [0.25, 0.3) is 0 Å². The van der Waals surface area contributed by atoms with Crippen LogP contribution in [-0.2, 0) is 14.3 Å². The van der Waals surface area contributed by atoms with Gasteiger partial charge in [0.2, 0.25) is 5.91 Å². The maximum atomic E-state index is 11.9. The van der Waals surface area contributed by atoms with E-state index in [0.29, 0.717) is 12.2 Å². The van der Waals surface area contributed by atoms with Crippen LogP contribution in [0.5, 0.6) is 0 Å². The molecule has 1 aromatic rings. The highest BCUT2D eigenvalue weighted by Gasteiger charge is 2.47. The fraction of sp³-hybridized carbons (Fsp3) is 0.467. The van der Waals surface area contributed by atoms with Gasteiger partial charge in [-0.1, -0.05) is 18.2 Å². The number of hydrogen-bond donors (Lipinski definition) is 3. The molecule has 118 valence electrons. The van der Waals surface area contributed by atoms with Gasteiger partial charge in [-0.15, -0.1) is 0 Å². The van der Waals surface area contributed by atoms with E-state index in [1.54, 1.807) is 24.3 Å². The molecule has 2 amide bonds. The molecule has 7 nitrogen and oxygen atoms in total. The van der Waals surface area contributed by atoms with Crippen LogP contribution in [0.4, 0.5) is 0 Å². The van der Waals surface area contributed by atoms with Gasteiger partial charge in [-0.2, -0.15) is 0 Å². The minimum Gasteiger partial charge on any atom is -0.388 e. The highest BCUT2D eigenvalue weighted by Crippen LogP contribution is 2.26. The van der Waals surface area contributed by atoms with Crippen molar-refractivity contribution in [1.29, 1.82) is 0 Å². The van der Waals surface area contributed by atoms with Crippen molar-refractivity contribution in [2.75, 3.05) is 19.8 Å². The van der Waals surface area contributed by atoms with Gasteiger partial charge < -0.3 is 25.2 Å². The third-order valence-electron chi connectivity index (χ3n) is 3.82. The molecule has 0 saturated carbocycles. The van der Waals surface area contributed by atoms with Crippen molar-refractivity contribution in [1.82, 2.24) is 10.6 Å². The van der Waals surface area contributed by atoms with Crippen molar-refractivity contribution in [3.8, 4) is 0 Å². The van der Waals surface area contributed by atoms with Crippen molar-refractivity contribution < 1.29 is 24.2 Å². The lowest BCUT2D eigenvalue weighted by Gasteiger charge is -2.17. The highest BCUT2D eigenvalue weighted by atomic mass is 16.6. The lowest BCUT2D eigenvalue weighted by Crippen LogP contribution is -2.47. The Morgan fingerprint density at radius 1 is 1.14 bits per heavy atom. The monoisotopic (exact) mass is 306 g/mol. The van der Waals surface area contributed by atoms with Crippen LogP contribution in [0.15, 0.2) is 30.3 Å². The summed E-state index contributed by atoms with van der Waals surface area (Å²) in [7, 11) is 0. The van der Waals surface area contributed by atoms with E-state index in [2.05, 4.69) is 10.6 Å². The van der Waals surface area contributed by atoms with Gasteiger partial charge in [0, 0.05) is 5.56 Å². The Bertz CT molecular complexity index is 550. The second-order valence-electron chi connectivity index (χ2n) is 5.39. The molecule has 1 aromatic carbocycles. The summed E-state index contributed by atoms with van der Waals surface area (Å²) in [4.78, 5) is 23.7. The molecule has 22 heavy (non-hydrogen) atoms. The third kappa shape index (κ3) is 3.11. The average Bonchev–Trinajstić information content (AvgIpc) is 3.10. The Balaban J connectivity index is 1.46. The molecule has 3 N–H and O–H groups in total. The summed E-state index contributed by atoms with van der Waals surface area (Å²) in [6, 6.07) is 8.38. The Kier molecular flexibility index (Phi) is 4.37. The number of nitrogens with one attached hydrogen (secondary N) is 2. The van der Waals surface area contributed by atoms with Gasteiger partial charge in [-0.3, -0.25) is 9.59 Å². The number of carbonyl (C=O) groups is 2. The van der Waals surface area contributed by atoms with Crippen molar-refractivity contribution in [3.05, 3.63) is 35.9 Å². The molecular formula is C15H18N2O5. The number of hydrogen-bond acceptors (Lipinski definition) is 5. The van der Waals surface area contributed by atoms with Gasteiger partial charge >= 0.3 is 0 Å². The summed E-state index contributed by atoms with van der Waals surface area (Å²) >= 11 is 0. The van der Waals surface area contributed by atoms with Crippen LogP contribution in [0.2, 0.25) is 0 Å². The van der Waals surface area contributed by atoms with E-state index in [9.17, 15) is 14.7 Å². The molecule has 4 atom stereocenters. The van der Waals surface area contributed by atoms with E-state index in [-0.39, 0.29) is 43.2 Å². The van der Waals surface area contributed by atoms with Gasteiger partial charge in [-0.05, 0) is 12.1 Å². The van der Waals surface area contributed by atoms with E-state index < -0.39 is 6.10 Å². The maximum absolute atomic E-state index is 11.9. The first-order valence-electron chi connectivity index (χ1n) is 7.19. The summed E-state index contributed by atoms with van der Waals surface area (Å²) in [5.41, 5.74) is 0.502. The minimum atomic E-state index is -0.648. The predicted molar refractivity (Wildman–Crippen MR) is 76.2 cm³/mol. The standard InChI is InChI=1S/C15H18N2O5/c18-11-8-22-13-10(7-21-14(11)13)17-12(19)6-16-15(20)9-4-2-1-3-5-9/h1-5,10-11,13-14,18H,6-8H2,(H,16,20)(H,17,19)/t10-,11-,13+,14+/m0/s1. The SMILES string of the molecule is O=C(CNC(=O)c1ccccc1)N[C@H]1CO[C@H]2[C@@H]1OC[C@@H]2O. The zero-order valence-electron chi connectivity index (χ0n) is 11.9. The molecule has 0 spiro atoms. The molecule has 0 radical (unpaired) electrons. The highest BCUT2D eigenvalue weighted by molar-refractivity contribution is 5.96. The number of benzene rings is 1. The van der Waals surface area contributed by atoms with E-state index in [0.717, 1.165) is 0 Å². The first-order valence-corrected chi connectivity index (χ1v) is 7.19. The largest absolute Gasteiger partial charge is 0.388 e. The number of aliphatic hydroxyl groups is 1. The number of ether oxygens (including phenoxy) is 2. The summed E-state index contributed by atoms with van der Waals surface area (Å²) in [6.07, 6.45) is -1.36. The van der Waals surface area contributed by atoms with E-state index >= 15 is 0 Å². The average molecular weight is 306 g/mol. The summed E-state index contributed by atoms with van der Waals surface area (Å²) in [6.45, 7) is 0.390. The zero-order chi connectivity index (χ0) is 15.5. The molecule has 0 aromatic heterocycles. The summed E-state index contributed by atoms with van der Waals surface area (Å²) < 4.78 is 10.8. The van der Waals surface area contributed by atoms with E-state index in [1.165, 1.54) is 0 Å². The molecular weight excluding hydrogens is 288 g/mol. The fourth-order valence-corrected chi connectivity index (χ4v) is 2.71. The Morgan fingerprint density at radius 2 is 1.86 bits per heavy atom. The predicted octanol–water partition coefficient (Wildman–Crippen LogP) is -0.940. The molecule has 2 aliphatic rings. The van der Waals surface area contributed by atoms with Crippen LogP contribution in [0, 0.1) is 0 Å². The van der Waals surface area contributed by atoms with Gasteiger partial charge in [0.25, 0.3) is 5.91 Å². The molecule has 7 heteroatoms. The van der Waals surface area contributed by atoms with Crippen LogP contribution >= 0.6 is 0 Å². The second kappa shape index (κ2) is 6.43. The van der Waals surface area contributed by atoms with Gasteiger partial charge in [0.05, 0.1) is 25.8 Å². The van der Waals surface area contributed by atoms with Crippen molar-refractivity contribution in [2.24, 2.45) is 0 Å². The number of rotatable bonds is 4. The van der Waals surface area contributed by atoms with Crippen molar-refractivity contribution in [3.63, 3.8) is 0 Å². The van der Waals surface area contributed by atoms with Crippen LogP contribution in [0.1, 0.15) is 10.4 Å². The zero-order valence-corrected chi connectivity index (χ0v) is 11.9. The van der Waals surface area contributed by atoms with Gasteiger partial charge in [-0.25, -0.2) is 0 Å². The van der Waals surface area contributed by atoms with Gasteiger partial charge in [0.15, 0.2) is 0 Å². The Hall–Kier alpha value is -1.96. The Morgan fingerprint density at radius 3 is 2.64 bits per heavy atom. The van der Waals surface area contributed by atoms with Crippen molar-refractivity contribution in [2.45, 2.75) is 24.4 Å². The molecule has 2 aliphatic heterocycles. The lowest BCUT2D eigenvalue weighted by atomic mass is 10.1. The quantitative estimate of drug-likeness (QED) is 0.667. The third-order valence-corrected chi connectivity index (χ3v) is 3.82. The van der Waals surface area contributed by atoms with E-state index in [1.807, 2.05) is 6.07 Å². The topological polar surface area (TPSA) is 96.9 Å². The first-order chi connectivity index (χ1) is 10.6. The molecule has 0 aliphatic carbocycles. The number of carbonyl (C=O) groups excluding carboxylic acids is 2. The van der Waals surface area contributed by atoms with Crippen LogP contribution in [-0.4, -0.2) is 61.0 Å². The number of amides is 2. The second-order valence-corrected chi connectivity index (χ2v) is 5.39. The van der Waals surface area contributed by atoms with Gasteiger partial charge in [0.1, 0.15) is 18.3 Å². The summed E-state index contributed by atoms with van der Waals surface area (Å²) in [5.74, 6) is -0.618. The molecule has 0 bridgehead atoms. The van der Waals surface area contributed by atoms with Crippen molar-refractivity contribution >= 4 is 11.8 Å². The molecule has 3 rings (SSSR count). The lowest BCUT2D eigenvalue weighted by molar-refractivity contribution is -0.121. The molecule has 2 heterocycles. The Labute approximate surface area is 127 Å². The van der Waals surface area contributed by atoms with Crippen LogP contribution < -0.4 is 10.6 Å². The maximum Gasteiger partial charge on any atom is 0.251 e. The van der Waals surface area contributed by atoms with Crippen LogP contribution in [0.3, 0.4) is 0 Å². The fourth-order valence-electron chi connectivity index (χ4n) is 2.71. The molecule has 2 saturated heterocycles. The number of fused-ring (bicyclic) bond motifs is 1. The molecule has 2 fully saturated rings.